The highest BCUT2D eigenvalue weighted by Crippen LogP contribution is 2.35. The monoisotopic (exact) mass is 371 g/mol. The van der Waals surface area contributed by atoms with Crippen molar-refractivity contribution in [2.75, 3.05) is 24.6 Å². The SMILES string of the molecule is CCCN(C(=O)CN1C(=O)NC2(CCCC2)C1=O)[C@@H]1CCS(=O)(=O)C1. The van der Waals surface area contributed by atoms with Crippen molar-refractivity contribution >= 4 is 27.7 Å². The van der Waals surface area contributed by atoms with Crippen molar-refractivity contribution in [3.63, 3.8) is 0 Å². The maximum absolute atomic E-state index is 12.7. The number of rotatable bonds is 5. The van der Waals surface area contributed by atoms with Crippen molar-refractivity contribution in [1.82, 2.24) is 15.1 Å². The topological polar surface area (TPSA) is 104 Å². The summed E-state index contributed by atoms with van der Waals surface area (Å²) in [5.41, 5.74) is -0.830. The van der Waals surface area contributed by atoms with Crippen molar-refractivity contribution < 1.29 is 22.8 Å². The standard InChI is InChI=1S/C16H25N3O5S/c1-2-8-18(12-5-9-25(23,24)11-12)13(20)10-19-14(21)16(17-15(19)22)6-3-4-7-16/h12H,2-11H2,1H3,(H,17,22)/t12-/m1/s1. The second-order valence-corrected chi connectivity index (χ2v) is 9.48. The molecule has 8 nitrogen and oxygen atoms in total. The Morgan fingerprint density at radius 2 is 2.00 bits per heavy atom. The highest BCUT2D eigenvalue weighted by molar-refractivity contribution is 7.91. The third-order valence-electron chi connectivity index (χ3n) is 5.43. The van der Waals surface area contributed by atoms with Gasteiger partial charge in [0.15, 0.2) is 9.84 Å². The van der Waals surface area contributed by atoms with Gasteiger partial charge in [0.1, 0.15) is 12.1 Å². The second-order valence-electron chi connectivity index (χ2n) is 7.25. The van der Waals surface area contributed by atoms with Crippen molar-refractivity contribution in [3.05, 3.63) is 0 Å². The van der Waals surface area contributed by atoms with Crippen LogP contribution in [0.15, 0.2) is 0 Å². The number of hydrogen-bond acceptors (Lipinski definition) is 5. The fourth-order valence-electron chi connectivity index (χ4n) is 4.14. The maximum atomic E-state index is 12.7. The van der Waals surface area contributed by atoms with Gasteiger partial charge in [0, 0.05) is 12.6 Å². The van der Waals surface area contributed by atoms with Crippen LogP contribution in [0.25, 0.3) is 0 Å². The summed E-state index contributed by atoms with van der Waals surface area (Å²) in [6.07, 6.45) is 4.10. The summed E-state index contributed by atoms with van der Waals surface area (Å²) >= 11 is 0. The molecule has 9 heteroatoms. The van der Waals surface area contributed by atoms with Crippen molar-refractivity contribution in [2.24, 2.45) is 0 Å². The summed E-state index contributed by atoms with van der Waals surface area (Å²) in [6.45, 7) is 2.02. The Morgan fingerprint density at radius 1 is 1.32 bits per heavy atom. The van der Waals surface area contributed by atoms with Crippen LogP contribution in [0, 0.1) is 0 Å². The first-order valence-electron chi connectivity index (χ1n) is 8.92. The molecule has 1 saturated carbocycles. The van der Waals surface area contributed by atoms with Gasteiger partial charge in [-0.1, -0.05) is 19.8 Å². The van der Waals surface area contributed by atoms with Crippen molar-refractivity contribution in [3.8, 4) is 0 Å². The zero-order valence-electron chi connectivity index (χ0n) is 14.5. The van der Waals surface area contributed by atoms with Gasteiger partial charge in [0.25, 0.3) is 5.91 Å². The summed E-state index contributed by atoms with van der Waals surface area (Å²) in [6, 6.07) is -0.880. The predicted octanol–water partition coefficient (Wildman–Crippen LogP) is 0.277. The zero-order valence-corrected chi connectivity index (χ0v) is 15.3. The Kier molecular flexibility index (Phi) is 4.78. The summed E-state index contributed by atoms with van der Waals surface area (Å²) in [4.78, 5) is 40.1. The Bertz CT molecular complexity index is 684. The Labute approximate surface area is 147 Å². The molecule has 2 saturated heterocycles. The van der Waals surface area contributed by atoms with Crippen LogP contribution in [0.1, 0.15) is 45.4 Å². The molecule has 0 aromatic heterocycles. The molecule has 3 fully saturated rings. The van der Waals surface area contributed by atoms with Crippen LogP contribution in [-0.4, -0.2) is 72.2 Å². The molecule has 0 aromatic rings. The molecular formula is C16H25N3O5S. The average molecular weight is 371 g/mol. The van der Waals surface area contributed by atoms with Gasteiger partial charge < -0.3 is 10.2 Å². The fraction of sp³-hybridized carbons (Fsp3) is 0.812. The largest absolute Gasteiger partial charge is 0.337 e. The number of hydrogen-bond donors (Lipinski definition) is 1. The van der Waals surface area contributed by atoms with E-state index < -0.39 is 21.4 Å². The summed E-state index contributed by atoms with van der Waals surface area (Å²) in [7, 11) is -3.11. The first kappa shape index (κ1) is 18.2. The molecule has 2 aliphatic heterocycles. The van der Waals surface area contributed by atoms with Gasteiger partial charge in [0.05, 0.1) is 11.5 Å². The summed E-state index contributed by atoms with van der Waals surface area (Å²) < 4.78 is 23.4. The van der Waals surface area contributed by atoms with Gasteiger partial charge in [-0.3, -0.25) is 14.5 Å². The van der Waals surface area contributed by atoms with Crippen LogP contribution in [0.4, 0.5) is 4.79 Å². The van der Waals surface area contributed by atoms with Crippen LogP contribution >= 0.6 is 0 Å². The molecule has 1 spiro atoms. The molecule has 0 unspecified atom stereocenters. The zero-order chi connectivity index (χ0) is 18.2. The third-order valence-corrected chi connectivity index (χ3v) is 7.18. The highest BCUT2D eigenvalue weighted by atomic mass is 32.2. The Hall–Kier alpha value is -1.64. The first-order chi connectivity index (χ1) is 11.8. The molecule has 3 aliphatic rings. The smallest absolute Gasteiger partial charge is 0.325 e. The molecule has 0 radical (unpaired) electrons. The third kappa shape index (κ3) is 3.38. The van der Waals surface area contributed by atoms with Gasteiger partial charge in [-0.15, -0.1) is 0 Å². The van der Waals surface area contributed by atoms with Crippen molar-refractivity contribution in [2.45, 2.75) is 57.0 Å². The van der Waals surface area contributed by atoms with E-state index in [1.165, 1.54) is 4.90 Å². The highest BCUT2D eigenvalue weighted by Gasteiger charge is 2.53. The lowest BCUT2D eigenvalue weighted by Crippen LogP contribution is -2.49. The Morgan fingerprint density at radius 3 is 2.56 bits per heavy atom. The van der Waals surface area contributed by atoms with E-state index in [0.717, 1.165) is 17.7 Å². The minimum absolute atomic E-state index is 0.0389. The van der Waals surface area contributed by atoms with Crippen molar-refractivity contribution in [1.29, 1.82) is 0 Å². The summed E-state index contributed by atoms with van der Waals surface area (Å²) in [5, 5.41) is 2.76. The lowest BCUT2D eigenvalue weighted by molar-refractivity contribution is -0.140. The molecule has 1 N–H and O–H groups in total. The molecule has 0 bridgehead atoms. The quantitative estimate of drug-likeness (QED) is 0.699. The molecule has 0 aromatic carbocycles. The van der Waals surface area contributed by atoms with Gasteiger partial charge in [-0.05, 0) is 25.7 Å². The molecule has 2 heterocycles. The van der Waals surface area contributed by atoms with E-state index in [4.69, 9.17) is 0 Å². The van der Waals surface area contributed by atoms with E-state index in [1.807, 2.05) is 6.92 Å². The number of sulfone groups is 1. The average Bonchev–Trinajstić information content (AvgIpc) is 3.21. The lowest BCUT2D eigenvalue weighted by atomic mass is 9.98. The van der Waals surface area contributed by atoms with E-state index in [0.29, 0.717) is 32.2 Å². The number of amides is 4. The number of imide groups is 1. The Balaban J connectivity index is 1.71. The predicted molar refractivity (Wildman–Crippen MR) is 90.5 cm³/mol. The number of carbonyl (C=O) groups excluding carboxylic acids is 3. The number of nitrogens with zero attached hydrogens (tertiary/aromatic N) is 2. The van der Waals surface area contributed by atoms with E-state index >= 15 is 0 Å². The molecule has 1 aliphatic carbocycles. The number of nitrogens with one attached hydrogen (secondary N) is 1. The van der Waals surface area contributed by atoms with Crippen LogP contribution in [0.3, 0.4) is 0 Å². The molecule has 3 rings (SSSR count). The molecule has 25 heavy (non-hydrogen) atoms. The molecule has 4 amide bonds. The normalized spacial score (nSPS) is 27.1. The minimum Gasteiger partial charge on any atom is -0.337 e. The van der Waals surface area contributed by atoms with Gasteiger partial charge in [-0.2, -0.15) is 0 Å². The van der Waals surface area contributed by atoms with E-state index in [-0.39, 0.29) is 35.9 Å². The van der Waals surface area contributed by atoms with Gasteiger partial charge in [-0.25, -0.2) is 13.2 Å². The summed E-state index contributed by atoms with van der Waals surface area (Å²) in [5.74, 6) is -0.637. The van der Waals surface area contributed by atoms with Crippen LogP contribution < -0.4 is 5.32 Å². The minimum atomic E-state index is -3.11. The van der Waals surface area contributed by atoms with Crippen LogP contribution in [0.5, 0.6) is 0 Å². The molecule has 140 valence electrons. The number of carbonyl (C=O) groups is 3. The first-order valence-corrected chi connectivity index (χ1v) is 10.7. The van der Waals surface area contributed by atoms with E-state index in [1.54, 1.807) is 0 Å². The van der Waals surface area contributed by atoms with Crippen LogP contribution in [0.2, 0.25) is 0 Å². The van der Waals surface area contributed by atoms with E-state index in [2.05, 4.69) is 5.32 Å². The second kappa shape index (κ2) is 6.59. The van der Waals surface area contributed by atoms with Gasteiger partial charge >= 0.3 is 6.03 Å². The van der Waals surface area contributed by atoms with E-state index in [9.17, 15) is 22.8 Å². The fourth-order valence-corrected chi connectivity index (χ4v) is 5.87. The molecule has 1 atom stereocenters. The van der Waals surface area contributed by atoms with Gasteiger partial charge in [0.2, 0.25) is 5.91 Å². The maximum Gasteiger partial charge on any atom is 0.325 e. The van der Waals surface area contributed by atoms with Crippen LogP contribution in [-0.2, 0) is 19.4 Å². The lowest BCUT2D eigenvalue weighted by Gasteiger charge is -2.29. The molecular weight excluding hydrogens is 346 g/mol. The number of urea groups is 1.